The second-order valence-electron chi connectivity index (χ2n) is 6.03. The Morgan fingerprint density at radius 3 is 2.26 bits per heavy atom. The van der Waals surface area contributed by atoms with Gasteiger partial charge in [0.1, 0.15) is 0 Å². The van der Waals surface area contributed by atoms with Gasteiger partial charge in [-0.1, -0.05) is 12.1 Å². The molecule has 0 aliphatic carbocycles. The summed E-state index contributed by atoms with van der Waals surface area (Å²) in [4.78, 5) is 36.9. The van der Waals surface area contributed by atoms with E-state index < -0.39 is 5.97 Å². The normalized spacial score (nSPS) is 12.9. The van der Waals surface area contributed by atoms with Gasteiger partial charge in [0.25, 0.3) is 11.8 Å². The molecule has 1 aliphatic rings. The van der Waals surface area contributed by atoms with Crippen LogP contribution in [0.15, 0.2) is 42.5 Å². The van der Waals surface area contributed by atoms with Crippen LogP contribution in [0.5, 0.6) is 11.5 Å². The van der Waals surface area contributed by atoms with E-state index in [4.69, 9.17) is 14.6 Å². The van der Waals surface area contributed by atoms with Crippen molar-refractivity contribution in [2.75, 3.05) is 20.3 Å². The lowest BCUT2D eigenvalue weighted by atomic mass is 10.1. The predicted molar refractivity (Wildman–Crippen MR) is 96.5 cm³/mol. The van der Waals surface area contributed by atoms with Crippen molar-refractivity contribution >= 4 is 17.8 Å². The molecule has 0 fully saturated rings. The number of imide groups is 1. The number of carbonyl (C=O) groups is 3. The number of ether oxygens (including phenoxy) is 2. The number of aromatic carboxylic acids is 1. The summed E-state index contributed by atoms with van der Waals surface area (Å²) in [5.41, 5.74) is 0.986. The first-order chi connectivity index (χ1) is 13.0. The van der Waals surface area contributed by atoms with Crippen molar-refractivity contribution in [1.82, 2.24) is 4.90 Å². The first-order valence-corrected chi connectivity index (χ1v) is 8.52. The van der Waals surface area contributed by atoms with Crippen molar-refractivity contribution in [3.05, 3.63) is 59.2 Å². The van der Waals surface area contributed by atoms with Crippen LogP contribution in [0, 0.1) is 0 Å². The van der Waals surface area contributed by atoms with Crippen LogP contribution in [0.4, 0.5) is 0 Å². The van der Waals surface area contributed by atoms with Crippen LogP contribution in [0.25, 0.3) is 0 Å². The number of rotatable bonds is 8. The van der Waals surface area contributed by atoms with E-state index in [2.05, 4.69) is 0 Å². The number of fused-ring (bicyclic) bond motifs is 1. The van der Waals surface area contributed by atoms with Crippen LogP contribution in [0.1, 0.15) is 43.9 Å². The molecule has 0 unspecified atom stereocenters. The van der Waals surface area contributed by atoms with E-state index in [9.17, 15) is 14.4 Å². The van der Waals surface area contributed by atoms with Crippen molar-refractivity contribution < 1.29 is 29.0 Å². The molecule has 0 spiro atoms. The van der Waals surface area contributed by atoms with Gasteiger partial charge in [-0.15, -0.1) is 0 Å². The number of hydrogen-bond acceptors (Lipinski definition) is 5. The third kappa shape index (κ3) is 3.76. The zero-order chi connectivity index (χ0) is 19.4. The lowest BCUT2D eigenvalue weighted by Crippen LogP contribution is -2.30. The zero-order valence-corrected chi connectivity index (χ0v) is 14.8. The fourth-order valence-electron chi connectivity index (χ4n) is 2.92. The van der Waals surface area contributed by atoms with E-state index >= 15 is 0 Å². The Labute approximate surface area is 156 Å². The van der Waals surface area contributed by atoms with Gasteiger partial charge in [0.2, 0.25) is 0 Å². The lowest BCUT2D eigenvalue weighted by Gasteiger charge is -2.14. The summed E-state index contributed by atoms with van der Waals surface area (Å²) in [6.45, 7) is 0.616. The summed E-state index contributed by atoms with van der Waals surface area (Å²) < 4.78 is 10.8. The number of nitrogens with zero attached hydrogens (tertiary/aromatic N) is 1. The monoisotopic (exact) mass is 369 g/mol. The van der Waals surface area contributed by atoms with E-state index in [1.807, 2.05) is 0 Å². The lowest BCUT2D eigenvalue weighted by molar-refractivity contribution is 0.0647. The minimum Gasteiger partial charge on any atom is -0.493 e. The average Bonchev–Trinajstić information content (AvgIpc) is 2.92. The average molecular weight is 369 g/mol. The minimum absolute atomic E-state index is 0.108. The molecule has 1 aliphatic heterocycles. The number of carboxylic acid groups (broad SMARTS) is 1. The van der Waals surface area contributed by atoms with E-state index in [1.165, 1.54) is 30.2 Å². The van der Waals surface area contributed by atoms with Gasteiger partial charge in [-0.25, -0.2) is 4.79 Å². The molecule has 0 bridgehead atoms. The second kappa shape index (κ2) is 7.90. The van der Waals surface area contributed by atoms with Crippen LogP contribution >= 0.6 is 0 Å². The summed E-state index contributed by atoms with van der Waals surface area (Å²) in [5.74, 6) is -0.800. The molecule has 7 nitrogen and oxygen atoms in total. The molecular formula is C20H19NO6. The third-order valence-corrected chi connectivity index (χ3v) is 4.32. The Bertz CT molecular complexity index is 857. The molecule has 2 aromatic rings. The van der Waals surface area contributed by atoms with Gasteiger partial charge < -0.3 is 14.6 Å². The smallest absolute Gasteiger partial charge is 0.335 e. The Hall–Kier alpha value is -3.35. The summed E-state index contributed by atoms with van der Waals surface area (Å²) >= 11 is 0. The molecule has 7 heteroatoms. The molecule has 0 atom stereocenters. The Balaban J connectivity index is 1.52. The van der Waals surface area contributed by atoms with Crippen molar-refractivity contribution in [3.63, 3.8) is 0 Å². The van der Waals surface area contributed by atoms with Gasteiger partial charge in [-0.2, -0.15) is 0 Å². The van der Waals surface area contributed by atoms with E-state index in [0.29, 0.717) is 48.6 Å². The van der Waals surface area contributed by atoms with E-state index in [-0.39, 0.29) is 17.4 Å². The molecule has 1 heterocycles. The number of benzene rings is 2. The highest BCUT2D eigenvalue weighted by Crippen LogP contribution is 2.28. The quantitative estimate of drug-likeness (QED) is 0.568. The summed E-state index contributed by atoms with van der Waals surface area (Å²) in [6, 6.07) is 11.2. The largest absolute Gasteiger partial charge is 0.493 e. The summed E-state index contributed by atoms with van der Waals surface area (Å²) in [7, 11) is 1.48. The van der Waals surface area contributed by atoms with Crippen LogP contribution in [0.3, 0.4) is 0 Å². The van der Waals surface area contributed by atoms with Gasteiger partial charge in [-0.05, 0) is 43.2 Å². The Morgan fingerprint density at radius 1 is 1.00 bits per heavy atom. The molecule has 140 valence electrons. The van der Waals surface area contributed by atoms with E-state index in [1.54, 1.807) is 24.3 Å². The van der Waals surface area contributed by atoms with E-state index in [0.717, 1.165) is 0 Å². The molecule has 1 N–H and O–H groups in total. The SMILES string of the molecule is COc1ccc(C(=O)O)cc1OCCCCN1C(=O)c2ccccc2C1=O. The van der Waals surface area contributed by atoms with Gasteiger partial charge in [0, 0.05) is 6.54 Å². The van der Waals surface area contributed by atoms with Gasteiger partial charge in [0.05, 0.1) is 30.4 Å². The highest BCUT2D eigenvalue weighted by Gasteiger charge is 2.34. The molecule has 0 saturated heterocycles. The Morgan fingerprint density at radius 2 is 1.67 bits per heavy atom. The van der Waals surface area contributed by atoms with Crippen molar-refractivity contribution in [3.8, 4) is 11.5 Å². The maximum absolute atomic E-state index is 12.3. The number of unbranched alkanes of at least 4 members (excludes halogenated alkanes) is 1. The predicted octanol–water partition coefficient (Wildman–Crippen LogP) is 2.85. The topological polar surface area (TPSA) is 93.1 Å². The van der Waals surface area contributed by atoms with Crippen molar-refractivity contribution in [2.45, 2.75) is 12.8 Å². The van der Waals surface area contributed by atoms with Crippen molar-refractivity contribution in [2.24, 2.45) is 0 Å². The molecule has 2 aromatic carbocycles. The number of amides is 2. The summed E-state index contributed by atoms with van der Waals surface area (Å²) in [5, 5.41) is 9.06. The highest BCUT2D eigenvalue weighted by molar-refractivity contribution is 6.21. The number of carboxylic acids is 1. The molecule has 27 heavy (non-hydrogen) atoms. The molecule has 2 amide bonds. The van der Waals surface area contributed by atoms with Gasteiger partial charge in [0.15, 0.2) is 11.5 Å². The Kier molecular flexibility index (Phi) is 5.40. The first-order valence-electron chi connectivity index (χ1n) is 8.52. The minimum atomic E-state index is -1.05. The third-order valence-electron chi connectivity index (χ3n) is 4.32. The van der Waals surface area contributed by atoms with Gasteiger partial charge in [-0.3, -0.25) is 14.5 Å². The number of carbonyl (C=O) groups excluding carboxylic acids is 2. The van der Waals surface area contributed by atoms with Gasteiger partial charge >= 0.3 is 5.97 Å². The first kappa shape index (κ1) is 18.4. The molecular weight excluding hydrogens is 350 g/mol. The molecule has 0 aromatic heterocycles. The van der Waals surface area contributed by atoms with Crippen LogP contribution in [-0.2, 0) is 0 Å². The number of hydrogen-bond donors (Lipinski definition) is 1. The molecule has 0 saturated carbocycles. The van der Waals surface area contributed by atoms with Crippen LogP contribution in [-0.4, -0.2) is 48.1 Å². The standard InChI is InChI=1S/C20H19NO6/c1-26-16-9-8-13(20(24)25)12-17(16)27-11-5-4-10-21-18(22)14-6-2-3-7-15(14)19(21)23/h2-3,6-9,12H,4-5,10-11H2,1H3,(H,24,25). The maximum atomic E-state index is 12.3. The summed E-state index contributed by atoms with van der Waals surface area (Å²) in [6.07, 6.45) is 1.17. The second-order valence-corrected chi connectivity index (χ2v) is 6.03. The maximum Gasteiger partial charge on any atom is 0.335 e. The number of methoxy groups -OCH3 is 1. The fraction of sp³-hybridized carbons (Fsp3) is 0.250. The zero-order valence-electron chi connectivity index (χ0n) is 14.8. The molecule has 0 radical (unpaired) electrons. The highest BCUT2D eigenvalue weighted by atomic mass is 16.5. The molecule has 3 rings (SSSR count). The van der Waals surface area contributed by atoms with Crippen LogP contribution < -0.4 is 9.47 Å². The van der Waals surface area contributed by atoms with Crippen LogP contribution in [0.2, 0.25) is 0 Å². The van der Waals surface area contributed by atoms with Crippen molar-refractivity contribution in [1.29, 1.82) is 0 Å². The fourth-order valence-corrected chi connectivity index (χ4v) is 2.92.